The van der Waals surface area contributed by atoms with Crippen molar-refractivity contribution < 1.29 is 17.6 Å². The molecule has 0 amide bonds. The monoisotopic (exact) mass is 588 g/mol. The van der Waals surface area contributed by atoms with Crippen LogP contribution in [-0.4, -0.2) is 38.4 Å². The number of ketones is 1. The molecule has 3 heterocycles. The molecule has 0 fully saturated rings. The number of hydrogen-bond acceptors (Lipinski definition) is 7. The highest BCUT2D eigenvalue weighted by molar-refractivity contribution is 7.89. The summed E-state index contributed by atoms with van der Waals surface area (Å²) in [7, 11) is -3.95. The lowest BCUT2D eigenvalue weighted by Crippen LogP contribution is -2.20. The minimum atomic E-state index is -3.95. The van der Waals surface area contributed by atoms with Gasteiger partial charge in [-0.1, -0.05) is 35.9 Å². The Kier molecular flexibility index (Phi) is 6.25. The molecule has 0 unspecified atom stereocenters. The molecule has 13 heteroatoms. The van der Waals surface area contributed by atoms with E-state index in [-0.39, 0.29) is 27.5 Å². The molecular weight excluding hydrogens is 571 g/mol. The van der Waals surface area contributed by atoms with Crippen LogP contribution in [-0.2, 0) is 10.0 Å². The van der Waals surface area contributed by atoms with Crippen LogP contribution < -0.4 is 10.7 Å². The molecule has 0 bridgehead atoms. The number of halogens is 2. The van der Waals surface area contributed by atoms with Gasteiger partial charge in [0.1, 0.15) is 5.82 Å². The highest BCUT2D eigenvalue weighted by Crippen LogP contribution is 2.31. The molecule has 10 nitrogen and oxygen atoms in total. The molecule has 0 radical (unpaired) electrons. The number of carbonyl (C=O) groups is 1. The molecule has 204 valence electrons. The second-order valence-corrected chi connectivity index (χ2v) is 11.1. The van der Waals surface area contributed by atoms with Gasteiger partial charge in [-0.3, -0.25) is 9.59 Å². The van der Waals surface area contributed by atoms with Crippen molar-refractivity contribution in [2.24, 2.45) is 5.14 Å². The summed E-state index contributed by atoms with van der Waals surface area (Å²) in [5.74, 6) is -1.17. The molecular formula is C28H18ClFN6O4S. The quantitative estimate of drug-likeness (QED) is 0.294. The van der Waals surface area contributed by atoms with Gasteiger partial charge in [0.2, 0.25) is 21.6 Å². The van der Waals surface area contributed by atoms with E-state index in [0.717, 1.165) is 4.40 Å². The van der Waals surface area contributed by atoms with Gasteiger partial charge in [0, 0.05) is 23.1 Å². The molecule has 0 saturated heterocycles. The van der Waals surface area contributed by atoms with Gasteiger partial charge in [-0.05, 0) is 60.2 Å². The van der Waals surface area contributed by atoms with E-state index < -0.39 is 27.2 Å². The summed E-state index contributed by atoms with van der Waals surface area (Å²) in [5.41, 5.74) is 1.88. The summed E-state index contributed by atoms with van der Waals surface area (Å²) in [6.07, 6.45) is 0. The first-order valence-corrected chi connectivity index (χ1v) is 14.0. The van der Waals surface area contributed by atoms with Crippen LogP contribution in [0.2, 0.25) is 5.02 Å². The zero-order valence-electron chi connectivity index (χ0n) is 21.1. The molecule has 0 aliphatic heterocycles. The lowest BCUT2D eigenvalue weighted by molar-refractivity contribution is 0.100. The first-order valence-electron chi connectivity index (χ1n) is 12.0. The van der Waals surface area contributed by atoms with Crippen LogP contribution >= 0.6 is 11.6 Å². The van der Waals surface area contributed by atoms with E-state index in [2.05, 4.69) is 15.1 Å². The third kappa shape index (κ3) is 4.67. The van der Waals surface area contributed by atoms with Crippen molar-refractivity contribution >= 4 is 44.2 Å². The number of nitrogens with two attached hydrogens (primary N) is 1. The summed E-state index contributed by atoms with van der Waals surface area (Å²) in [6, 6.07) is 19.6. The van der Waals surface area contributed by atoms with E-state index in [1.54, 1.807) is 30.3 Å². The highest BCUT2D eigenvalue weighted by Gasteiger charge is 2.23. The van der Waals surface area contributed by atoms with Crippen LogP contribution in [0.25, 0.3) is 44.9 Å². The fraction of sp³-hybridized carbons (Fsp3) is 0.0357. The average molecular weight is 589 g/mol. The normalized spacial score (nSPS) is 11.8. The molecule has 3 aromatic heterocycles. The van der Waals surface area contributed by atoms with Gasteiger partial charge in [0.25, 0.3) is 5.56 Å². The molecule has 0 saturated carbocycles. The van der Waals surface area contributed by atoms with Crippen LogP contribution in [0.15, 0.2) is 88.6 Å². The lowest BCUT2D eigenvalue weighted by Gasteiger charge is -2.11. The largest absolute Gasteiger partial charge is 0.291 e. The van der Waals surface area contributed by atoms with Crippen LogP contribution in [0.3, 0.4) is 0 Å². The number of carbonyl (C=O) groups excluding carboxylic acids is 1. The van der Waals surface area contributed by atoms with Crippen molar-refractivity contribution in [2.45, 2.75) is 11.8 Å². The van der Waals surface area contributed by atoms with Gasteiger partial charge in [-0.15, -0.1) is 5.10 Å². The second-order valence-electron chi connectivity index (χ2n) is 9.15. The number of nitrogens with zero attached hydrogens (tertiary/aromatic N) is 5. The fourth-order valence-electron chi connectivity index (χ4n) is 4.49. The number of pyridine rings is 1. The van der Waals surface area contributed by atoms with Gasteiger partial charge in [-0.25, -0.2) is 27.3 Å². The van der Waals surface area contributed by atoms with Gasteiger partial charge < -0.3 is 0 Å². The molecule has 0 aliphatic carbocycles. The Labute approximate surface area is 236 Å². The minimum absolute atomic E-state index is 0.0260. The highest BCUT2D eigenvalue weighted by atomic mass is 35.5. The Morgan fingerprint density at radius 1 is 0.927 bits per heavy atom. The summed E-state index contributed by atoms with van der Waals surface area (Å²) in [6.45, 7) is 1.26. The molecule has 2 N–H and O–H groups in total. The second kappa shape index (κ2) is 9.70. The van der Waals surface area contributed by atoms with Crippen molar-refractivity contribution in [3.8, 4) is 28.1 Å². The Bertz CT molecular complexity index is 2180. The Balaban J connectivity index is 1.70. The molecule has 6 aromatic rings. The first-order chi connectivity index (χ1) is 19.5. The van der Waals surface area contributed by atoms with Crippen LogP contribution in [0, 0.1) is 5.82 Å². The number of Topliss-reactive ketones (excluding diaryl/α,β-unsaturated/α-hetero) is 1. The standard InChI is InChI=1S/C28H18ClFN6O4S/c1-15(37)26-34-36(20-10-12-21(13-11-20)41(31,39)40)28-33-25-24(27(38)35(26)28)22(16-4-8-19(30)9-5-16)14-23(32-25)17-2-6-18(29)7-3-17/h2-14H,1H3,(H2,31,39,40). The smallest absolute Gasteiger partial charge is 0.271 e. The van der Waals surface area contributed by atoms with E-state index in [1.165, 1.54) is 60.1 Å². The predicted molar refractivity (Wildman–Crippen MR) is 151 cm³/mol. The zero-order valence-corrected chi connectivity index (χ0v) is 22.7. The van der Waals surface area contributed by atoms with E-state index in [4.69, 9.17) is 16.7 Å². The lowest BCUT2D eigenvalue weighted by atomic mass is 10.00. The van der Waals surface area contributed by atoms with Crippen LogP contribution in [0.5, 0.6) is 0 Å². The number of fused-ring (bicyclic) bond motifs is 2. The van der Waals surface area contributed by atoms with Gasteiger partial charge in [0.05, 0.1) is 21.7 Å². The van der Waals surface area contributed by atoms with Crippen molar-refractivity contribution in [3.63, 3.8) is 0 Å². The van der Waals surface area contributed by atoms with Gasteiger partial charge >= 0.3 is 0 Å². The number of aromatic nitrogens is 5. The number of rotatable bonds is 5. The maximum Gasteiger partial charge on any atom is 0.271 e. The molecule has 0 aliphatic rings. The van der Waals surface area contributed by atoms with Crippen LogP contribution in [0.4, 0.5) is 4.39 Å². The number of primary sulfonamides is 1. The third-order valence-corrected chi connectivity index (χ3v) is 7.62. The van der Waals surface area contributed by atoms with Crippen molar-refractivity contribution in [1.82, 2.24) is 24.1 Å². The maximum absolute atomic E-state index is 14.1. The number of benzene rings is 3. The van der Waals surface area contributed by atoms with Gasteiger partial charge in [0.15, 0.2) is 11.4 Å². The van der Waals surface area contributed by atoms with Crippen molar-refractivity contribution in [3.05, 3.63) is 106 Å². The summed E-state index contributed by atoms with van der Waals surface area (Å²) >= 11 is 6.07. The number of sulfonamides is 1. The Hall–Kier alpha value is -4.78. The van der Waals surface area contributed by atoms with Crippen molar-refractivity contribution in [2.75, 3.05) is 0 Å². The molecule has 3 aromatic carbocycles. The summed E-state index contributed by atoms with van der Waals surface area (Å²) in [4.78, 5) is 35.9. The maximum atomic E-state index is 14.1. The van der Waals surface area contributed by atoms with Gasteiger partial charge in [-0.2, -0.15) is 9.67 Å². The first kappa shape index (κ1) is 26.4. The molecule has 0 atom stereocenters. The zero-order chi connectivity index (χ0) is 29.1. The average Bonchev–Trinajstić information content (AvgIpc) is 3.33. The summed E-state index contributed by atoms with van der Waals surface area (Å²) < 4.78 is 39.6. The number of hydrogen-bond donors (Lipinski definition) is 1. The fourth-order valence-corrected chi connectivity index (χ4v) is 5.13. The minimum Gasteiger partial charge on any atom is -0.291 e. The Morgan fingerprint density at radius 2 is 1.56 bits per heavy atom. The topological polar surface area (TPSA) is 142 Å². The Morgan fingerprint density at radius 3 is 2.17 bits per heavy atom. The van der Waals surface area contributed by atoms with E-state index in [9.17, 15) is 22.4 Å². The predicted octanol–water partition coefficient (Wildman–Crippen LogP) is 4.40. The van der Waals surface area contributed by atoms with Crippen molar-refractivity contribution in [1.29, 1.82) is 0 Å². The SMILES string of the molecule is CC(=O)c1nn(-c2ccc(S(N)(=O)=O)cc2)c2nc3nc(-c4ccc(Cl)cc4)cc(-c4ccc(F)cc4)c3c(=O)n12. The summed E-state index contributed by atoms with van der Waals surface area (Å²) in [5, 5.41) is 10.2. The third-order valence-electron chi connectivity index (χ3n) is 6.44. The molecule has 41 heavy (non-hydrogen) atoms. The van der Waals surface area contributed by atoms with E-state index >= 15 is 0 Å². The van der Waals surface area contributed by atoms with E-state index in [0.29, 0.717) is 33.1 Å². The molecule has 6 rings (SSSR count). The molecule has 0 spiro atoms. The van der Waals surface area contributed by atoms with Crippen LogP contribution in [0.1, 0.15) is 17.5 Å². The van der Waals surface area contributed by atoms with E-state index in [1.807, 2.05) is 0 Å².